The van der Waals surface area contributed by atoms with Gasteiger partial charge in [-0.3, -0.25) is 0 Å². The van der Waals surface area contributed by atoms with Gasteiger partial charge < -0.3 is 10.6 Å². The van der Waals surface area contributed by atoms with Crippen LogP contribution in [0.3, 0.4) is 0 Å². The Bertz CT molecular complexity index is 405. The van der Waals surface area contributed by atoms with Crippen LogP contribution in [-0.2, 0) is 0 Å². The van der Waals surface area contributed by atoms with Gasteiger partial charge in [0.25, 0.3) is 0 Å². The molecule has 2 heteroatoms. The first-order valence-electron chi connectivity index (χ1n) is 5.50. The summed E-state index contributed by atoms with van der Waals surface area (Å²) in [5.74, 6) is 0. The number of nitrogens with two attached hydrogens (primary N) is 1. The lowest BCUT2D eigenvalue weighted by molar-refractivity contribution is 1.24. The highest BCUT2D eigenvalue weighted by molar-refractivity contribution is 5.72. The maximum Gasteiger partial charge on any atom is 0.0683 e. The van der Waals surface area contributed by atoms with Crippen molar-refractivity contribution in [1.29, 1.82) is 0 Å². The van der Waals surface area contributed by atoms with Gasteiger partial charge in [0.2, 0.25) is 0 Å². The van der Waals surface area contributed by atoms with E-state index >= 15 is 0 Å². The van der Waals surface area contributed by atoms with Crippen molar-refractivity contribution < 1.29 is 0 Å². The van der Waals surface area contributed by atoms with Crippen LogP contribution in [-0.4, -0.2) is 0 Å². The van der Waals surface area contributed by atoms with E-state index in [2.05, 4.69) is 19.9 Å². The zero-order chi connectivity index (χ0) is 12.1. The lowest BCUT2D eigenvalue weighted by Gasteiger charge is -2.19. The summed E-state index contributed by atoms with van der Waals surface area (Å²) in [7, 11) is 0. The van der Waals surface area contributed by atoms with Crippen molar-refractivity contribution in [2.45, 2.75) is 27.7 Å². The standard InChI is InChI=1S/C14H20N2/c1-5-7-16(8-6-2)14-10-12(4)11(3)9-13(14)15/h5-10H,15H2,1-4H3. The van der Waals surface area contributed by atoms with Crippen molar-refractivity contribution >= 4 is 11.4 Å². The molecule has 0 bridgehead atoms. The highest BCUT2D eigenvalue weighted by atomic mass is 15.1. The van der Waals surface area contributed by atoms with E-state index in [4.69, 9.17) is 5.73 Å². The predicted molar refractivity (Wildman–Crippen MR) is 72.4 cm³/mol. The molecule has 0 atom stereocenters. The van der Waals surface area contributed by atoms with Crippen molar-refractivity contribution in [2.75, 3.05) is 10.6 Å². The minimum absolute atomic E-state index is 0.805. The van der Waals surface area contributed by atoms with E-state index < -0.39 is 0 Å². The molecule has 1 aromatic rings. The topological polar surface area (TPSA) is 29.3 Å². The summed E-state index contributed by atoms with van der Waals surface area (Å²) in [4.78, 5) is 2.03. The molecular weight excluding hydrogens is 196 g/mol. The molecule has 0 unspecified atom stereocenters. The molecule has 0 aromatic heterocycles. The second kappa shape index (κ2) is 5.40. The molecule has 0 fully saturated rings. The number of hydrogen-bond donors (Lipinski definition) is 1. The molecule has 0 amide bonds. The Balaban J connectivity index is 3.23. The molecule has 0 saturated carbocycles. The van der Waals surface area contributed by atoms with Crippen LogP contribution in [0.1, 0.15) is 25.0 Å². The SMILES string of the molecule is CC=CN(C=CC)c1cc(C)c(C)cc1N. The van der Waals surface area contributed by atoms with Gasteiger partial charge in [-0.1, -0.05) is 12.2 Å². The van der Waals surface area contributed by atoms with E-state index in [9.17, 15) is 0 Å². The van der Waals surface area contributed by atoms with E-state index in [0.29, 0.717) is 0 Å². The summed E-state index contributed by atoms with van der Waals surface area (Å²) in [6, 6.07) is 4.13. The van der Waals surface area contributed by atoms with E-state index in [-0.39, 0.29) is 0 Å². The number of rotatable bonds is 3. The Morgan fingerprint density at radius 3 is 2.00 bits per heavy atom. The number of nitrogen functional groups attached to an aromatic ring is 1. The summed E-state index contributed by atoms with van der Waals surface area (Å²) in [6.07, 6.45) is 7.99. The molecule has 0 heterocycles. The van der Waals surface area contributed by atoms with Crippen molar-refractivity contribution in [3.63, 3.8) is 0 Å². The number of hydrogen-bond acceptors (Lipinski definition) is 2. The normalized spacial score (nSPS) is 11.5. The van der Waals surface area contributed by atoms with Crippen LogP contribution in [0.25, 0.3) is 0 Å². The first-order valence-corrected chi connectivity index (χ1v) is 5.50. The molecule has 0 spiro atoms. The minimum Gasteiger partial charge on any atom is -0.397 e. The van der Waals surface area contributed by atoms with Gasteiger partial charge in [0.1, 0.15) is 0 Å². The van der Waals surface area contributed by atoms with Gasteiger partial charge in [-0.25, -0.2) is 0 Å². The quantitative estimate of drug-likeness (QED) is 0.779. The molecule has 0 radical (unpaired) electrons. The van der Waals surface area contributed by atoms with Crippen LogP contribution in [0.15, 0.2) is 36.7 Å². The number of anilines is 2. The molecule has 86 valence electrons. The van der Waals surface area contributed by atoms with Crippen LogP contribution in [0, 0.1) is 13.8 Å². The summed E-state index contributed by atoms with van der Waals surface area (Å²) in [6.45, 7) is 8.16. The Hall–Kier alpha value is -1.70. The highest BCUT2D eigenvalue weighted by Gasteiger charge is 2.06. The van der Waals surface area contributed by atoms with Crippen LogP contribution >= 0.6 is 0 Å². The predicted octanol–water partition coefficient (Wildman–Crippen LogP) is 3.76. The largest absolute Gasteiger partial charge is 0.397 e. The number of allylic oxidation sites excluding steroid dienone is 2. The first-order chi connectivity index (χ1) is 7.60. The number of aryl methyl sites for hydroxylation is 2. The molecule has 1 rings (SSSR count). The van der Waals surface area contributed by atoms with E-state index in [1.54, 1.807) is 0 Å². The van der Waals surface area contributed by atoms with Crippen LogP contribution in [0.4, 0.5) is 11.4 Å². The van der Waals surface area contributed by atoms with Gasteiger partial charge in [-0.05, 0) is 51.0 Å². The van der Waals surface area contributed by atoms with Gasteiger partial charge in [0.05, 0.1) is 11.4 Å². The summed E-state index contributed by atoms with van der Waals surface area (Å²) >= 11 is 0. The fourth-order valence-electron chi connectivity index (χ4n) is 1.58. The van der Waals surface area contributed by atoms with E-state index in [0.717, 1.165) is 11.4 Å². The zero-order valence-electron chi connectivity index (χ0n) is 10.5. The maximum atomic E-state index is 6.04. The molecule has 0 aliphatic rings. The first kappa shape index (κ1) is 12.4. The van der Waals surface area contributed by atoms with Gasteiger partial charge in [0.15, 0.2) is 0 Å². The van der Waals surface area contributed by atoms with Gasteiger partial charge in [0, 0.05) is 12.4 Å². The molecule has 2 N–H and O–H groups in total. The molecule has 0 saturated heterocycles. The van der Waals surface area contributed by atoms with Crippen molar-refractivity contribution in [3.05, 3.63) is 47.8 Å². The Kier molecular flexibility index (Phi) is 4.18. The monoisotopic (exact) mass is 216 g/mol. The number of benzene rings is 1. The van der Waals surface area contributed by atoms with Gasteiger partial charge >= 0.3 is 0 Å². The Morgan fingerprint density at radius 2 is 1.50 bits per heavy atom. The van der Waals surface area contributed by atoms with Gasteiger partial charge in [-0.2, -0.15) is 0 Å². The Morgan fingerprint density at radius 1 is 1.00 bits per heavy atom. The average molecular weight is 216 g/mol. The lowest BCUT2D eigenvalue weighted by atomic mass is 10.1. The smallest absolute Gasteiger partial charge is 0.0683 e. The maximum absolute atomic E-state index is 6.04. The molecule has 16 heavy (non-hydrogen) atoms. The molecule has 1 aromatic carbocycles. The highest BCUT2D eigenvalue weighted by Crippen LogP contribution is 2.27. The van der Waals surface area contributed by atoms with Crippen LogP contribution < -0.4 is 10.6 Å². The van der Waals surface area contributed by atoms with Crippen molar-refractivity contribution in [2.24, 2.45) is 0 Å². The third kappa shape index (κ3) is 2.66. The summed E-state index contributed by atoms with van der Waals surface area (Å²) in [5, 5.41) is 0. The lowest BCUT2D eigenvalue weighted by Crippen LogP contribution is -2.09. The second-order valence-electron chi connectivity index (χ2n) is 3.87. The average Bonchev–Trinajstić information content (AvgIpc) is 2.23. The molecule has 2 nitrogen and oxygen atoms in total. The van der Waals surface area contributed by atoms with E-state index in [1.165, 1.54) is 11.1 Å². The van der Waals surface area contributed by atoms with Crippen LogP contribution in [0.2, 0.25) is 0 Å². The minimum atomic E-state index is 0.805. The molecule has 0 aliphatic carbocycles. The molecule has 0 aliphatic heterocycles. The fraction of sp³-hybridized carbons (Fsp3) is 0.286. The third-order valence-corrected chi connectivity index (χ3v) is 2.54. The Labute approximate surface area is 98.1 Å². The van der Waals surface area contributed by atoms with Gasteiger partial charge in [-0.15, -0.1) is 0 Å². The van der Waals surface area contributed by atoms with E-state index in [1.807, 2.05) is 49.4 Å². The van der Waals surface area contributed by atoms with Crippen molar-refractivity contribution in [1.82, 2.24) is 0 Å². The molecular formula is C14H20N2. The second-order valence-corrected chi connectivity index (χ2v) is 3.87. The van der Waals surface area contributed by atoms with Crippen molar-refractivity contribution in [3.8, 4) is 0 Å². The third-order valence-electron chi connectivity index (χ3n) is 2.54. The van der Waals surface area contributed by atoms with Crippen LogP contribution in [0.5, 0.6) is 0 Å². The fourth-order valence-corrected chi connectivity index (χ4v) is 1.58. The zero-order valence-corrected chi connectivity index (χ0v) is 10.5. The summed E-state index contributed by atoms with van der Waals surface area (Å²) < 4.78 is 0. The number of nitrogens with zero attached hydrogens (tertiary/aromatic N) is 1. The summed E-state index contributed by atoms with van der Waals surface area (Å²) in [5.41, 5.74) is 10.4.